The Morgan fingerprint density at radius 2 is 2.11 bits per heavy atom. The number of carbonyl (C=O) groups is 2. The molecule has 0 aromatic carbocycles. The van der Waals surface area contributed by atoms with Gasteiger partial charge in [-0.3, -0.25) is 9.59 Å². The maximum Gasteiger partial charge on any atom is 0.246 e. The topological polar surface area (TPSA) is 64.4 Å². The summed E-state index contributed by atoms with van der Waals surface area (Å²) >= 11 is 1.60. The third-order valence-electron chi connectivity index (χ3n) is 3.01. The number of nitriles is 1. The molecule has 1 unspecified atom stereocenters. The second kappa shape index (κ2) is 6.29. The average Bonchev–Trinajstić information content (AvgIpc) is 2.81. The first kappa shape index (κ1) is 15.8. The predicted molar refractivity (Wildman–Crippen MR) is 75.3 cm³/mol. The third kappa shape index (κ3) is 3.87. The van der Waals surface area contributed by atoms with E-state index < -0.39 is 5.41 Å². The average molecular weight is 283 g/mol. The molecule has 0 saturated carbocycles. The summed E-state index contributed by atoms with van der Waals surface area (Å²) in [5.74, 6) is 1.14. The summed E-state index contributed by atoms with van der Waals surface area (Å²) in [4.78, 5) is 27.8. The highest BCUT2D eigenvalue weighted by Gasteiger charge is 2.39. The molecule has 6 heteroatoms. The van der Waals surface area contributed by atoms with Crippen molar-refractivity contribution in [3.8, 4) is 6.07 Å². The fraction of sp³-hybridized carbons (Fsp3) is 0.769. The van der Waals surface area contributed by atoms with E-state index in [1.807, 2.05) is 26.8 Å². The molecule has 106 valence electrons. The number of likely N-dealkylation sites (N-methyl/N-ethyl adjacent to an activating group) is 1. The quantitative estimate of drug-likeness (QED) is 0.783. The molecule has 2 amide bonds. The SMILES string of the molecule is CN(CCC#N)C(=O)C1CSCN1C(=O)C(C)(C)C. The highest BCUT2D eigenvalue weighted by molar-refractivity contribution is 7.99. The first-order valence-corrected chi connectivity index (χ1v) is 7.45. The second-order valence-corrected chi connectivity index (χ2v) is 6.71. The van der Waals surface area contributed by atoms with Gasteiger partial charge in [-0.05, 0) is 0 Å². The van der Waals surface area contributed by atoms with Crippen molar-refractivity contribution in [2.45, 2.75) is 33.2 Å². The molecule has 0 aromatic heterocycles. The van der Waals surface area contributed by atoms with E-state index >= 15 is 0 Å². The molecular formula is C13H21N3O2S. The molecule has 1 saturated heterocycles. The number of hydrogen-bond acceptors (Lipinski definition) is 4. The van der Waals surface area contributed by atoms with Gasteiger partial charge < -0.3 is 9.80 Å². The Morgan fingerprint density at radius 3 is 2.63 bits per heavy atom. The zero-order valence-corrected chi connectivity index (χ0v) is 12.8. The van der Waals surface area contributed by atoms with Crippen LogP contribution in [0.15, 0.2) is 0 Å². The smallest absolute Gasteiger partial charge is 0.246 e. The molecule has 1 heterocycles. The Morgan fingerprint density at radius 1 is 1.47 bits per heavy atom. The van der Waals surface area contributed by atoms with Crippen LogP contribution in [-0.2, 0) is 9.59 Å². The van der Waals surface area contributed by atoms with Gasteiger partial charge >= 0.3 is 0 Å². The molecule has 0 bridgehead atoms. The summed E-state index contributed by atoms with van der Waals surface area (Å²) in [6.07, 6.45) is 0.315. The lowest BCUT2D eigenvalue weighted by Crippen LogP contribution is -2.50. The van der Waals surface area contributed by atoms with E-state index in [1.54, 1.807) is 28.6 Å². The van der Waals surface area contributed by atoms with Crippen LogP contribution in [0.2, 0.25) is 0 Å². The second-order valence-electron chi connectivity index (χ2n) is 5.71. The first-order chi connectivity index (χ1) is 8.79. The van der Waals surface area contributed by atoms with Gasteiger partial charge in [0.2, 0.25) is 11.8 Å². The molecule has 1 aliphatic heterocycles. The Balaban J connectivity index is 2.74. The molecule has 5 nitrogen and oxygen atoms in total. The van der Waals surface area contributed by atoms with Crippen molar-refractivity contribution in [2.24, 2.45) is 5.41 Å². The van der Waals surface area contributed by atoms with Gasteiger partial charge in [0.05, 0.1) is 18.4 Å². The van der Waals surface area contributed by atoms with Gasteiger partial charge in [-0.25, -0.2) is 0 Å². The number of hydrogen-bond donors (Lipinski definition) is 0. The summed E-state index contributed by atoms with van der Waals surface area (Å²) in [5.41, 5.74) is -0.478. The van der Waals surface area contributed by atoms with E-state index in [0.717, 1.165) is 0 Å². The van der Waals surface area contributed by atoms with Gasteiger partial charge in [0, 0.05) is 24.8 Å². The normalized spacial score (nSPS) is 19.1. The molecule has 19 heavy (non-hydrogen) atoms. The fourth-order valence-corrected chi connectivity index (χ4v) is 3.01. The first-order valence-electron chi connectivity index (χ1n) is 6.29. The lowest BCUT2D eigenvalue weighted by molar-refractivity contribution is -0.147. The number of rotatable bonds is 3. The highest BCUT2D eigenvalue weighted by atomic mass is 32.2. The van der Waals surface area contributed by atoms with Gasteiger partial charge in [0.15, 0.2) is 0 Å². The molecule has 1 atom stereocenters. The van der Waals surface area contributed by atoms with Gasteiger partial charge in [0.25, 0.3) is 0 Å². The van der Waals surface area contributed by atoms with Crippen molar-refractivity contribution < 1.29 is 9.59 Å². The predicted octanol–water partition coefficient (Wildman–Crippen LogP) is 1.31. The fourth-order valence-electron chi connectivity index (χ4n) is 1.86. The highest BCUT2D eigenvalue weighted by Crippen LogP contribution is 2.28. The monoisotopic (exact) mass is 283 g/mol. The zero-order valence-electron chi connectivity index (χ0n) is 12.0. The molecular weight excluding hydrogens is 262 g/mol. The van der Waals surface area contributed by atoms with Crippen molar-refractivity contribution in [1.82, 2.24) is 9.80 Å². The van der Waals surface area contributed by atoms with Crippen molar-refractivity contribution in [3.63, 3.8) is 0 Å². The standard InChI is InChI=1S/C13H21N3O2S/c1-13(2,3)12(18)16-9-19-8-10(16)11(17)15(4)7-5-6-14/h10H,5,7-9H2,1-4H3. The molecule has 0 radical (unpaired) electrons. The van der Waals surface area contributed by atoms with Crippen LogP contribution in [0, 0.1) is 16.7 Å². The number of amides is 2. The minimum Gasteiger partial charge on any atom is -0.343 e. The zero-order chi connectivity index (χ0) is 14.6. The molecule has 1 fully saturated rings. The Kier molecular flexibility index (Phi) is 5.24. The van der Waals surface area contributed by atoms with Crippen LogP contribution >= 0.6 is 11.8 Å². The lowest BCUT2D eigenvalue weighted by Gasteiger charge is -2.31. The van der Waals surface area contributed by atoms with Crippen molar-refractivity contribution in [2.75, 3.05) is 25.2 Å². The van der Waals surface area contributed by atoms with Crippen LogP contribution in [0.5, 0.6) is 0 Å². The van der Waals surface area contributed by atoms with E-state index in [-0.39, 0.29) is 17.9 Å². The Labute approximate surface area is 118 Å². The summed E-state index contributed by atoms with van der Waals surface area (Å²) in [5, 5.41) is 8.55. The minimum atomic E-state index is -0.478. The van der Waals surface area contributed by atoms with Crippen LogP contribution in [0.1, 0.15) is 27.2 Å². The molecule has 1 aliphatic rings. The summed E-state index contributed by atoms with van der Waals surface area (Å²) < 4.78 is 0. The number of nitrogens with zero attached hydrogens (tertiary/aromatic N) is 3. The van der Waals surface area contributed by atoms with E-state index in [4.69, 9.17) is 5.26 Å². The summed E-state index contributed by atoms with van der Waals surface area (Å²) in [6.45, 7) is 5.99. The maximum atomic E-state index is 12.3. The molecule has 1 rings (SSSR count). The molecule has 0 aliphatic carbocycles. The van der Waals surface area contributed by atoms with Crippen molar-refractivity contribution in [1.29, 1.82) is 5.26 Å². The molecule has 0 N–H and O–H groups in total. The number of carbonyl (C=O) groups excluding carboxylic acids is 2. The van der Waals surface area contributed by atoms with Gasteiger partial charge in [0.1, 0.15) is 6.04 Å². The molecule has 0 aromatic rings. The van der Waals surface area contributed by atoms with E-state index in [9.17, 15) is 9.59 Å². The minimum absolute atomic E-state index is 0.00420. The van der Waals surface area contributed by atoms with E-state index in [0.29, 0.717) is 24.6 Å². The van der Waals surface area contributed by atoms with Crippen LogP contribution in [-0.4, -0.2) is 52.9 Å². The van der Waals surface area contributed by atoms with Crippen molar-refractivity contribution in [3.05, 3.63) is 0 Å². The van der Waals surface area contributed by atoms with Gasteiger partial charge in [-0.2, -0.15) is 5.26 Å². The van der Waals surface area contributed by atoms with Crippen LogP contribution in [0.25, 0.3) is 0 Å². The van der Waals surface area contributed by atoms with E-state index in [1.165, 1.54) is 0 Å². The van der Waals surface area contributed by atoms with Crippen LogP contribution in [0.4, 0.5) is 0 Å². The largest absolute Gasteiger partial charge is 0.343 e. The number of thioether (sulfide) groups is 1. The maximum absolute atomic E-state index is 12.3. The Bertz CT molecular complexity index is 398. The summed E-state index contributed by atoms with van der Waals surface area (Å²) in [6, 6.07) is 1.63. The lowest BCUT2D eigenvalue weighted by atomic mass is 9.94. The molecule has 0 spiro atoms. The van der Waals surface area contributed by atoms with Crippen molar-refractivity contribution >= 4 is 23.6 Å². The summed E-state index contributed by atoms with van der Waals surface area (Å²) in [7, 11) is 1.68. The van der Waals surface area contributed by atoms with Gasteiger partial charge in [-0.15, -0.1) is 11.8 Å². The van der Waals surface area contributed by atoms with E-state index in [2.05, 4.69) is 0 Å². The Hall–Kier alpha value is -1.22. The van der Waals surface area contributed by atoms with Crippen LogP contribution in [0.3, 0.4) is 0 Å². The third-order valence-corrected chi connectivity index (χ3v) is 4.02. The van der Waals surface area contributed by atoms with Crippen LogP contribution < -0.4 is 0 Å². The van der Waals surface area contributed by atoms with Gasteiger partial charge in [-0.1, -0.05) is 20.8 Å².